The topological polar surface area (TPSA) is 38.9 Å². The molecule has 1 aromatic heterocycles. The molecule has 1 unspecified atom stereocenters. The summed E-state index contributed by atoms with van der Waals surface area (Å²) in [5, 5.41) is 3.16. The first-order chi connectivity index (χ1) is 8.67. The number of rotatable bonds is 5. The van der Waals surface area contributed by atoms with Crippen molar-refractivity contribution in [1.82, 2.24) is 4.98 Å². The van der Waals surface area contributed by atoms with Crippen LogP contribution in [0.4, 0.5) is 4.39 Å². The van der Waals surface area contributed by atoms with E-state index in [0.717, 1.165) is 29.1 Å². The van der Waals surface area contributed by atoms with Crippen LogP contribution in [0.2, 0.25) is 0 Å². The molecule has 0 fully saturated rings. The lowest BCUT2D eigenvalue weighted by atomic mass is 9.96. The minimum absolute atomic E-state index is 0.187. The number of hydrogen-bond acceptors (Lipinski definition) is 3. The molecule has 1 heterocycles. The van der Waals surface area contributed by atoms with Crippen LogP contribution in [-0.2, 0) is 12.8 Å². The van der Waals surface area contributed by atoms with Gasteiger partial charge in [0.1, 0.15) is 5.82 Å². The summed E-state index contributed by atoms with van der Waals surface area (Å²) >= 11 is 1.67. The molecule has 1 aromatic carbocycles. The normalized spacial score (nSPS) is 12.6. The van der Waals surface area contributed by atoms with Crippen molar-refractivity contribution >= 4 is 11.3 Å². The Morgan fingerprint density at radius 1 is 1.39 bits per heavy atom. The van der Waals surface area contributed by atoms with Gasteiger partial charge in [-0.05, 0) is 43.5 Å². The quantitative estimate of drug-likeness (QED) is 0.901. The summed E-state index contributed by atoms with van der Waals surface area (Å²) in [4.78, 5) is 4.45. The molecule has 0 spiro atoms. The van der Waals surface area contributed by atoms with Crippen molar-refractivity contribution in [3.63, 3.8) is 0 Å². The summed E-state index contributed by atoms with van der Waals surface area (Å²) in [5.41, 5.74) is 7.85. The number of thiazole rings is 1. The molecule has 0 saturated heterocycles. The smallest absolute Gasteiger partial charge is 0.123 e. The number of aromatic nitrogens is 1. The molecule has 2 rings (SSSR count). The molecule has 2 N–H and O–H groups in total. The lowest BCUT2D eigenvalue weighted by molar-refractivity contribution is 0.529. The van der Waals surface area contributed by atoms with Gasteiger partial charge in [-0.15, -0.1) is 11.3 Å². The van der Waals surface area contributed by atoms with E-state index in [9.17, 15) is 4.39 Å². The number of benzene rings is 1. The van der Waals surface area contributed by atoms with Gasteiger partial charge in [-0.3, -0.25) is 0 Å². The highest BCUT2D eigenvalue weighted by Gasteiger charge is 2.11. The Bertz CT molecular complexity index is 510. The van der Waals surface area contributed by atoms with Crippen LogP contribution in [0.3, 0.4) is 0 Å². The Kier molecular flexibility index (Phi) is 4.44. The van der Waals surface area contributed by atoms with Crippen molar-refractivity contribution in [3.05, 3.63) is 51.7 Å². The first-order valence-corrected chi connectivity index (χ1v) is 6.91. The zero-order chi connectivity index (χ0) is 13.0. The molecule has 0 saturated carbocycles. The van der Waals surface area contributed by atoms with E-state index in [0.29, 0.717) is 12.5 Å². The predicted octanol–water partition coefficient (Wildman–Crippen LogP) is 2.95. The van der Waals surface area contributed by atoms with Crippen LogP contribution in [0.5, 0.6) is 0 Å². The molecule has 96 valence electrons. The van der Waals surface area contributed by atoms with Gasteiger partial charge in [0.25, 0.3) is 0 Å². The molecule has 0 aliphatic carbocycles. The maximum atomic E-state index is 13.1. The van der Waals surface area contributed by atoms with E-state index in [1.165, 1.54) is 6.07 Å². The summed E-state index contributed by atoms with van der Waals surface area (Å²) in [6.45, 7) is 2.58. The summed E-state index contributed by atoms with van der Waals surface area (Å²) < 4.78 is 13.1. The summed E-state index contributed by atoms with van der Waals surface area (Å²) in [6, 6.07) is 6.73. The molecule has 0 aliphatic heterocycles. The van der Waals surface area contributed by atoms with Crippen LogP contribution < -0.4 is 5.73 Å². The fourth-order valence-corrected chi connectivity index (χ4v) is 2.87. The second-order valence-electron chi connectivity index (χ2n) is 4.52. The van der Waals surface area contributed by atoms with Crippen LogP contribution >= 0.6 is 11.3 Å². The third-order valence-corrected chi connectivity index (χ3v) is 3.87. The average molecular weight is 264 g/mol. The predicted molar refractivity (Wildman–Crippen MR) is 73.2 cm³/mol. The Labute approximate surface area is 111 Å². The second kappa shape index (κ2) is 6.07. The van der Waals surface area contributed by atoms with Gasteiger partial charge in [0, 0.05) is 17.5 Å². The molecule has 18 heavy (non-hydrogen) atoms. The highest BCUT2D eigenvalue weighted by molar-refractivity contribution is 7.09. The van der Waals surface area contributed by atoms with E-state index in [1.54, 1.807) is 23.5 Å². The van der Waals surface area contributed by atoms with Crippen LogP contribution in [0.15, 0.2) is 29.6 Å². The van der Waals surface area contributed by atoms with Crippen molar-refractivity contribution in [2.45, 2.75) is 19.8 Å². The first-order valence-electron chi connectivity index (χ1n) is 6.03. The van der Waals surface area contributed by atoms with Crippen molar-refractivity contribution in [2.24, 2.45) is 11.7 Å². The van der Waals surface area contributed by atoms with Gasteiger partial charge in [-0.2, -0.15) is 0 Å². The van der Waals surface area contributed by atoms with Gasteiger partial charge >= 0.3 is 0 Å². The minimum atomic E-state index is -0.187. The number of nitrogens with zero attached hydrogens (tertiary/aromatic N) is 1. The van der Waals surface area contributed by atoms with Crippen molar-refractivity contribution < 1.29 is 4.39 Å². The third kappa shape index (κ3) is 3.62. The fourth-order valence-electron chi connectivity index (χ4n) is 1.98. The Morgan fingerprint density at radius 2 is 2.22 bits per heavy atom. The Balaban J connectivity index is 2.01. The van der Waals surface area contributed by atoms with Gasteiger partial charge in [0.2, 0.25) is 0 Å². The summed E-state index contributed by atoms with van der Waals surface area (Å²) in [7, 11) is 0. The lowest BCUT2D eigenvalue weighted by Crippen LogP contribution is -2.19. The van der Waals surface area contributed by atoms with Crippen LogP contribution in [0, 0.1) is 18.7 Å². The third-order valence-electron chi connectivity index (χ3n) is 2.88. The largest absolute Gasteiger partial charge is 0.330 e. The molecule has 4 heteroatoms. The number of halogens is 1. The average Bonchev–Trinajstić information content (AvgIpc) is 2.74. The summed E-state index contributed by atoms with van der Waals surface area (Å²) in [5.74, 6) is 0.130. The SMILES string of the molecule is Cc1csc(CC(CN)Cc2cccc(F)c2)n1. The molecular formula is C14H17FN2S. The van der Waals surface area contributed by atoms with Gasteiger partial charge in [0.15, 0.2) is 0 Å². The van der Waals surface area contributed by atoms with Crippen molar-refractivity contribution in [2.75, 3.05) is 6.54 Å². The molecular weight excluding hydrogens is 247 g/mol. The molecule has 2 nitrogen and oxygen atoms in total. The molecule has 0 amide bonds. The first kappa shape index (κ1) is 13.2. The van der Waals surface area contributed by atoms with Crippen LogP contribution in [-0.4, -0.2) is 11.5 Å². The molecule has 0 aliphatic rings. The van der Waals surface area contributed by atoms with E-state index < -0.39 is 0 Å². The zero-order valence-electron chi connectivity index (χ0n) is 10.4. The number of aryl methyl sites for hydroxylation is 1. The van der Waals surface area contributed by atoms with Gasteiger partial charge in [0.05, 0.1) is 5.01 Å². The van der Waals surface area contributed by atoms with Gasteiger partial charge < -0.3 is 5.73 Å². The van der Waals surface area contributed by atoms with Crippen molar-refractivity contribution in [3.8, 4) is 0 Å². The van der Waals surface area contributed by atoms with Crippen LogP contribution in [0.1, 0.15) is 16.3 Å². The number of hydrogen-bond donors (Lipinski definition) is 1. The standard InChI is InChI=1S/C14H17FN2S/c1-10-9-18-14(17-10)7-12(8-16)5-11-3-2-4-13(15)6-11/h2-4,6,9,12H,5,7-8,16H2,1H3. The minimum Gasteiger partial charge on any atom is -0.330 e. The summed E-state index contributed by atoms with van der Waals surface area (Å²) in [6.07, 6.45) is 1.67. The van der Waals surface area contributed by atoms with Gasteiger partial charge in [-0.1, -0.05) is 12.1 Å². The monoisotopic (exact) mass is 264 g/mol. The zero-order valence-corrected chi connectivity index (χ0v) is 11.2. The maximum absolute atomic E-state index is 13.1. The molecule has 0 radical (unpaired) electrons. The van der Waals surface area contributed by atoms with E-state index in [4.69, 9.17) is 5.73 Å². The Morgan fingerprint density at radius 3 is 2.83 bits per heavy atom. The second-order valence-corrected chi connectivity index (χ2v) is 5.47. The van der Waals surface area contributed by atoms with E-state index >= 15 is 0 Å². The molecule has 1 atom stereocenters. The maximum Gasteiger partial charge on any atom is 0.123 e. The highest BCUT2D eigenvalue weighted by atomic mass is 32.1. The molecule has 0 bridgehead atoms. The van der Waals surface area contributed by atoms with Crippen LogP contribution in [0.25, 0.3) is 0 Å². The number of nitrogens with two attached hydrogens (primary N) is 1. The Hall–Kier alpha value is -1.26. The fraction of sp³-hybridized carbons (Fsp3) is 0.357. The molecule has 2 aromatic rings. The lowest BCUT2D eigenvalue weighted by Gasteiger charge is -2.13. The van der Waals surface area contributed by atoms with E-state index in [2.05, 4.69) is 4.98 Å². The van der Waals surface area contributed by atoms with Crippen molar-refractivity contribution in [1.29, 1.82) is 0 Å². The highest BCUT2D eigenvalue weighted by Crippen LogP contribution is 2.17. The van der Waals surface area contributed by atoms with E-state index in [1.807, 2.05) is 18.4 Å². The van der Waals surface area contributed by atoms with Gasteiger partial charge in [-0.25, -0.2) is 9.37 Å². The van der Waals surface area contributed by atoms with E-state index in [-0.39, 0.29) is 5.82 Å².